The van der Waals surface area contributed by atoms with Gasteiger partial charge in [0, 0.05) is 12.1 Å². The van der Waals surface area contributed by atoms with E-state index in [1.165, 1.54) is 7.11 Å². The van der Waals surface area contributed by atoms with E-state index in [1.54, 1.807) is 25.3 Å². The molecule has 0 heterocycles. The number of halogens is 1. The maximum Gasteiger partial charge on any atom is 0.161 e. The first-order chi connectivity index (χ1) is 7.26. The second-order valence-electron chi connectivity index (χ2n) is 2.91. The number of hydrogen-bond acceptors (Lipinski definition) is 3. The minimum atomic E-state index is 0.145. The number of ether oxygens (including phenoxy) is 2. The van der Waals surface area contributed by atoms with Crippen LogP contribution in [0.5, 0.6) is 11.5 Å². The van der Waals surface area contributed by atoms with Crippen molar-refractivity contribution in [3.05, 3.63) is 30.1 Å². The molecular weight excluding hydrogens is 197 g/mol. The van der Waals surface area contributed by atoms with Gasteiger partial charge in [-0.1, -0.05) is 6.07 Å². The number of rotatable bonds is 4. The van der Waals surface area contributed by atoms with E-state index in [2.05, 4.69) is 0 Å². The lowest BCUT2D eigenvalue weighted by Gasteiger charge is -2.10. The van der Waals surface area contributed by atoms with Crippen LogP contribution in [0.4, 0.5) is 4.39 Å². The van der Waals surface area contributed by atoms with Crippen molar-refractivity contribution in [2.75, 3.05) is 20.8 Å². The zero-order chi connectivity index (χ0) is 11.3. The van der Waals surface area contributed by atoms with Crippen LogP contribution in [0.3, 0.4) is 0 Å². The molecule has 4 heteroatoms. The topological polar surface area (TPSA) is 44.5 Å². The summed E-state index contributed by atoms with van der Waals surface area (Å²) in [4.78, 5) is 0. The van der Waals surface area contributed by atoms with Gasteiger partial charge in [0.2, 0.25) is 0 Å². The van der Waals surface area contributed by atoms with Gasteiger partial charge >= 0.3 is 0 Å². The zero-order valence-electron chi connectivity index (χ0n) is 8.79. The highest BCUT2D eigenvalue weighted by Crippen LogP contribution is 2.30. The second-order valence-corrected chi connectivity index (χ2v) is 2.91. The highest BCUT2D eigenvalue weighted by Gasteiger charge is 2.06. The Morgan fingerprint density at radius 1 is 1.33 bits per heavy atom. The van der Waals surface area contributed by atoms with Crippen LogP contribution in [-0.4, -0.2) is 20.8 Å². The highest BCUT2D eigenvalue weighted by atomic mass is 19.1. The fraction of sp³-hybridized carbons (Fsp3) is 0.273. The van der Waals surface area contributed by atoms with Gasteiger partial charge in [-0.3, -0.25) is 0 Å². The normalized spacial score (nSPS) is 11.3. The number of hydrogen-bond donors (Lipinski definition) is 1. The monoisotopic (exact) mass is 211 g/mol. The summed E-state index contributed by atoms with van der Waals surface area (Å²) in [6.45, 7) is 0.145. The van der Waals surface area contributed by atoms with Gasteiger partial charge in [-0.25, -0.2) is 4.39 Å². The molecule has 0 atom stereocenters. The summed E-state index contributed by atoms with van der Waals surface area (Å²) >= 11 is 0. The van der Waals surface area contributed by atoms with E-state index >= 15 is 0 Å². The molecule has 1 rings (SSSR count). The van der Waals surface area contributed by atoms with Crippen LogP contribution < -0.4 is 15.2 Å². The standard InChI is InChI=1S/C11H14FNO2/c1-14-10-4-3-8(5-11(10)15-2)9(6-12)7-13/h3-6H,7,13H2,1-2H3/b9-6+. The van der Waals surface area contributed by atoms with Crippen molar-refractivity contribution in [1.29, 1.82) is 0 Å². The molecule has 0 bridgehead atoms. The van der Waals surface area contributed by atoms with Gasteiger partial charge in [0.25, 0.3) is 0 Å². The largest absolute Gasteiger partial charge is 0.493 e. The molecule has 0 fully saturated rings. The summed E-state index contributed by atoms with van der Waals surface area (Å²) in [5.41, 5.74) is 6.52. The Morgan fingerprint density at radius 3 is 2.47 bits per heavy atom. The third-order valence-electron chi connectivity index (χ3n) is 2.11. The van der Waals surface area contributed by atoms with Gasteiger partial charge in [0.05, 0.1) is 20.5 Å². The molecule has 0 radical (unpaired) electrons. The molecule has 1 aromatic carbocycles. The third-order valence-corrected chi connectivity index (χ3v) is 2.11. The van der Waals surface area contributed by atoms with Crippen LogP contribution in [0.15, 0.2) is 24.5 Å². The molecule has 1 aromatic rings. The molecule has 0 saturated carbocycles. The van der Waals surface area contributed by atoms with Crippen LogP contribution in [0.25, 0.3) is 5.57 Å². The number of methoxy groups -OCH3 is 2. The lowest BCUT2D eigenvalue weighted by molar-refractivity contribution is 0.355. The summed E-state index contributed by atoms with van der Waals surface area (Å²) in [6, 6.07) is 5.14. The highest BCUT2D eigenvalue weighted by molar-refractivity contribution is 5.68. The summed E-state index contributed by atoms with van der Waals surface area (Å²) in [5, 5.41) is 0. The van der Waals surface area contributed by atoms with Crippen molar-refractivity contribution in [1.82, 2.24) is 0 Å². The first-order valence-electron chi connectivity index (χ1n) is 4.48. The van der Waals surface area contributed by atoms with E-state index in [4.69, 9.17) is 15.2 Å². The van der Waals surface area contributed by atoms with Gasteiger partial charge in [-0.2, -0.15) is 0 Å². The molecule has 0 unspecified atom stereocenters. The molecule has 0 spiro atoms. The maximum absolute atomic E-state index is 12.4. The smallest absolute Gasteiger partial charge is 0.161 e. The lowest BCUT2D eigenvalue weighted by atomic mass is 10.1. The summed E-state index contributed by atoms with van der Waals surface area (Å²) in [5.74, 6) is 1.17. The van der Waals surface area contributed by atoms with Crippen molar-refractivity contribution in [2.24, 2.45) is 5.73 Å². The average Bonchev–Trinajstić information content (AvgIpc) is 2.30. The predicted molar refractivity (Wildman–Crippen MR) is 57.7 cm³/mol. The number of benzene rings is 1. The zero-order valence-corrected chi connectivity index (χ0v) is 8.79. The van der Waals surface area contributed by atoms with Gasteiger partial charge < -0.3 is 15.2 Å². The molecule has 0 amide bonds. The van der Waals surface area contributed by atoms with E-state index in [-0.39, 0.29) is 6.54 Å². The van der Waals surface area contributed by atoms with E-state index in [0.717, 1.165) is 0 Å². The molecule has 0 aliphatic heterocycles. The molecule has 15 heavy (non-hydrogen) atoms. The van der Waals surface area contributed by atoms with Gasteiger partial charge in [-0.15, -0.1) is 0 Å². The molecular formula is C11H14FNO2. The summed E-state index contributed by atoms with van der Waals surface area (Å²) in [6.07, 6.45) is 0.501. The Hall–Kier alpha value is -1.55. The molecule has 3 nitrogen and oxygen atoms in total. The molecule has 0 saturated heterocycles. The fourth-order valence-corrected chi connectivity index (χ4v) is 1.26. The van der Waals surface area contributed by atoms with Gasteiger partial charge in [0.1, 0.15) is 0 Å². The second kappa shape index (κ2) is 5.36. The third kappa shape index (κ3) is 2.47. The maximum atomic E-state index is 12.4. The molecule has 0 aromatic heterocycles. The average molecular weight is 211 g/mol. The van der Waals surface area contributed by atoms with E-state index in [0.29, 0.717) is 29.0 Å². The first kappa shape index (κ1) is 11.5. The summed E-state index contributed by atoms with van der Waals surface area (Å²) < 4.78 is 22.6. The summed E-state index contributed by atoms with van der Waals surface area (Å²) in [7, 11) is 3.08. The Bertz CT molecular complexity index is 364. The Morgan fingerprint density at radius 2 is 2.00 bits per heavy atom. The minimum absolute atomic E-state index is 0.145. The first-order valence-corrected chi connectivity index (χ1v) is 4.48. The van der Waals surface area contributed by atoms with Crippen LogP contribution in [-0.2, 0) is 0 Å². The van der Waals surface area contributed by atoms with Crippen LogP contribution in [0.1, 0.15) is 5.56 Å². The van der Waals surface area contributed by atoms with Crippen molar-refractivity contribution in [3.8, 4) is 11.5 Å². The van der Waals surface area contributed by atoms with Crippen LogP contribution in [0, 0.1) is 0 Å². The van der Waals surface area contributed by atoms with Crippen molar-refractivity contribution >= 4 is 5.57 Å². The quantitative estimate of drug-likeness (QED) is 0.828. The van der Waals surface area contributed by atoms with Crippen molar-refractivity contribution < 1.29 is 13.9 Å². The Kier molecular flexibility index (Phi) is 4.12. The van der Waals surface area contributed by atoms with E-state index in [1.807, 2.05) is 0 Å². The van der Waals surface area contributed by atoms with Crippen molar-refractivity contribution in [3.63, 3.8) is 0 Å². The lowest BCUT2D eigenvalue weighted by Crippen LogP contribution is -2.02. The predicted octanol–water partition coefficient (Wildman–Crippen LogP) is 1.97. The van der Waals surface area contributed by atoms with E-state index < -0.39 is 0 Å². The fourth-order valence-electron chi connectivity index (χ4n) is 1.26. The van der Waals surface area contributed by atoms with Crippen LogP contribution >= 0.6 is 0 Å². The Labute approximate surface area is 88.3 Å². The SMILES string of the molecule is COc1ccc(/C(=C/F)CN)cc1OC. The molecule has 82 valence electrons. The molecule has 0 aliphatic rings. The van der Waals surface area contributed by atoms with Gasteiger partial charge in [0.15, 0.2) is 11.5 Å². The van der Waals surface area contributed by atoms with Crippen molar-refractivity contribution in [2.45, 2.75) is 0 Å². The number of nitrogens with two attached hydrogens (primary N) is 1. The minimum Gasteiger partial charge on any atom is -0.493 e. The Balaban J connectivity index is 3.13. The van der Waals surface area contributed by atoms with Gasteiger partial charge in [-0.05, 0) is 17.7 Å². The van der Waals surface area contributed by atoms with Crippen LogP contribution in [0.2, 0.25) is 0 Å². The van der Waals surface area contributed by atoms with E-state index in [9.17, 15) is 4.39 Å². The molecule has 2 N–H and O–H groups in total. The molecule has 0 aliphatic carbocycles.